The van der Waals surface area contributed by atoms with Gasteiger partial charge in [0.25, 0.3) is 0 Å². The molecule has 292 valence electrons. The van der Waals surface area contributed by atoms with Crippen LogP contribution in [0.2, 0.25) is 0 Å². The molecule has 0 saturated carbocycles. The van der Waals surface area contributed by atoms with Gasteiger partial charge in [-0.25, -0.2) is 0 Å². The Morgan fingerprint density at radius 3 is 2.26 bits per heavy atom. The van der Waals surface area contributed by atoms with Crippen LogP contribution in [0.3, 0.4) is 0 Å². The fourth-order valence-corrected chi connectivity index (χ4v) is 13.6. The Bertz CT molecular complexity index is 3630. The summed E-state index contributed by atoms with van der Waals surface area (Å²) in [7, 11) is 0. The molecule has 0 spiro atoms. The van der Waals surface area contributed by atoms with Crippen molar-refractivity contribution in [3.05, 3.63) is 182 Å². The van der Waals surface area contributed by atoms with Crippen molar-refractivity contribution in [2.45, 2.75) is 56.9 Å². The van der Waals surface area contributed by atoms with Gasteiger partial charge in [0.1, 0.15) is 0 Å². The van der Waals surface area contributed by atoms with Crippen molar-refractivity contribution >= 4 is 75.3 Å². The summed E-state index contributed by atoms with van der Waals surface area (Å²) in [6.07, 6.45) is 9.44. The lowest BCUT2D eigenvalue weighted by molar-refractivity contribution is -0.771. The Balaban J connectivity index is 1.17. The number of allylic oxidation sites excluding steroid dienone is 1. The maximum atomic E-state index is 4.94. The molecular formula is C57H45N3S+2. The van der Waals surface area contributed by atoms with Gasteiger partial charge in [-0.05, 0) is 103 Å². The highest BCUT2D eigenvalue weighted by Crippen LogP contribution is 2.57. The number of nitrogens with zero attached hydrogens (tertiary/aromatic N) is 3. The number of para-hydroxylation sites is 1. The van der Waals surface area contributed by atoms with Gasteiger partial charge in [-0.3, -0.25) is 0 Å². The number of pyridine rings is 2. The van der Waals surface area contributed by atoms with E-state index in [1.807, 2.05) is 11.3 Å². The van der Waals surface area contributed by atoms with E-state index in [9.17, 15) is 0 Å². The smallest absolute Gasteiger partial charge is 0.218 e. The molecule has 0 N–H and O–H groups in total. The third-order valence-corrected chi connectivity index (χ3v) is 16.3. The van der Waals surface area contributed by atoms with E-state index >= 15 is 0 Å². The SMILES string of the molecule is C=C1CC2(CC)[n+]3ccccc3-c3cc4c5c6c(cc7c8ccccc8n(c4cc3C2(CC)CCc2ccccc2-c2cccc[n+]21)c75)sc1ccc(-c2ccccc2)cc16. The van der Waals surface area contributed by atoms with Gasteiger partial charge in [-0.15, -0.1) is 11.3 Å². The van der Waals surface area contributed by atoms with Crippen LogP contribution in [0.15, 0.2) is 171 Å². The molecule has 3 nitrogen and oxygen atoms in total. The Morgan fingerprint density at radius 2 is 1.39 bits per heavy atom. The van der Waals surface area contributed by atoms with Crippen molar-refractivity contribution in [3.8, 4) is 33.6 Å². The first kappa shape index (κ1) is 35.2. The van der Waals surface area contributed by atoms with Gasteiger partial charge in [0.05, 0.1) is 33.9 Å². The number of hydrogen-bond acceptors (Lipinski definition) is 1. The average molecular weight is 804 g/mol. The molecule has 0 fully saturated rings. The summed E-state index contributed by atoms with van der Waals surface area (Å²) in [5, 5.41) is 8.09. The summed E-state index contributed by atoms with van der Waals surface area (Å²) in [6, 6.07) is 57.4. The first-order valence-electron chi connectivity index (χ1n) is 22.0. The van der Waals surface area contributed by atoms with Gasteiger partial charge in [-0.2, -0.15) is 9.13 Å². The Kier molecular flexibility index (Phi) is 7.32. The van der Waals surface area contributed by atoms with Crippen molar-refractivity contribution in [2.24, 2.45) is 0 Å². The van der Waals surface area contributed by atoms with E-state index in [-0.39, 0.29) is 11.0 Å². The predicted molar refractivity (Wildman–Crippen MR) is 256 cm³/mol. The van der Waals surface area contributed by atoms with Gasteiger partial charge in [0.2, 0.25) is 11.4 Å². The van der Waals surface area contributed by atoms with Crippen molar-refractivity contribution in [1.82, 2.24) is 4.40 Å². The second-order valence-corrected chi connectivity index (χ2v) is 18.7. The van der Waals surface area contributed by atoms with E-state index in [0.29, 0.717) is 0 Å². The van der Waals surface area contributed by atoms with Crippen LogP contribution >= 0.6 is 11.3 Å². The standard InChI is InChI=1S/C57H45N3S/c1-4-56-28-27-38-19-9-10-20-40(38)47-22-13-15-29-58(47)36(3)35-57(56,5-2)59-30-16-14-23-48(59)43-32-44-50(34-46(43)56)60-49-24-12-11-21-41(49)42-33-52-53(54(44)55(42)60)45-31-39(25-26-51(45)61-52)37-17-7-6-8-18-37/h6-26,29-34H,3-5,27-28,35H2,1-2H3/q+2. The van der Waals surface area contributed by atoms with Crippen LogP contribution in [-0.4, -0.2) is 4.40 Å². The molecule has 4 heteroatoms. The predicted octanol–water partition coefficient (Wildman–Crippen LogP) is 14.1. The molecule has 0 radical (unpaired) electrons. The fraction of sp³-hybridized carbons (Fsp3) is 0.158. The quantitative estimate of drug-likeness (QED) is 0.158. The molecule has 6 aromatic carbocycles. The Morgan fingerprint density at radius 1 is 0.607 bits per heavy atom. The zero-order valence-corrected chi connectivity index (χ0v) is 35.4. The van der Waals surface area contributed by atoms with Crippen LogP contribution in [0.4, 0.5) is 0 Å². The Hall–Kier alpha value is -6.62. The molecule has 5 aromatic heterocycles. The fourth-order valence-electron chi connectivity index (χ4n) is 12.5. The second kappa shape index (κ2) is 12.7. The molecule has 2 aliphatic heterocycles. The molecule has 0 bridgehead atoms. The minimum absolute atomic E-state index is 0.208. The zero-order chi connectivity index (χ0) is 40.6. The summed E-state index contributed by atoms with van der Waals surface area (Å²) in [4.78, 5) is 0. The summed E-state index contributed by atoms with van der Waals surface area (Å²) in [5.41, 5.74) is 15.1. The van der Waals surface area contributed by atoms with Crippen LogP contribution in [0.25, 0.3) is 97.6 Å². The zero-order valence-electron chi connectivity index (χ0n) is 34.6. The van der Waals surface area contributed by atoms with Crippen molar-refractivity contribution in [3.63, 3.8) is 0 Å². The van der Waals surface area contributed by atoms with Crippen molar-refractivity contribution in [1.29, 1.82) is 0 Å². The molecule has 0 saturated heterocycles. The highest BCUT2D eigenvalue weighted by Gasteiger charge is 2.63. The van der Waals surface area contributed by atoms with E-state index in [1.165, 1.54) is 103 Å². The number of benzene rings is 6. The molecule has 2 atom stereocenters. The topological polar surface area (TPSA) is 12.2 Å². The molecule has 13 rings (SSSR count). The van der Waals surface area contributed by atoms with Crippen LogP contribution in [0.1, 0.15) is 50.7 Å². The molecule has 0 aliphatic carbocycles. The van der Waals surface area contributed by atoms with Crippen LogP contribution < -0.4 is 9.13 Å². The maximum Gasteiger partial charge on any atom is 0.218 e. The molecule has 11 aromatic rings. The third-order valence-electron chi connectivity index (χ3n) is 15.1. The first-order chi connectivity index (χ1) is 30.0. The van der Waals surface area contributed by atoms with Gasteiger partial charge < -0.3 is 4.40 Å². The number of aryl methyl sites for hydroxylation is 1. The largest absolute Gasteiger partial charge is 0.308 e. The summed E-state index contributed by atoms with van der Waals surface area (Å²) in [6.45, 7) is 9.83. The van der Waals surface area contributed by atoms with Gasteiger partial charge in [0, 0.05) is 78.0 Å². The molecule has 61 heavy (non-hydrogen) atoms. The van der Waals surface area contributed by atoms with E-state index in [0.717, 1.165) is 37.8 Å². The van der Waals surface area contributed by atoms with Crippen molar-refractivity contribution in [2.75, 3.05) is 0 Å². The molecule has 7 heterocycles. The van der Waals surface area contributed by atoms with E-state index in [1.54, 1.807) is 0 Å². The highest BCUT2D eigenvalue weighted by molar-refractivity contribution is 7.26. The monoisotopic (exact) mass is 803 g/mol. The summed E-state index contributed by atoms with van der Waals surface area (Å²) in [5.74, 6) is 0. The number of thiophene rings is 1. The highest BCUT2D eigenvalue weighted by atomic mass is 32.1. The van der Waals surface area contributed by atoms with Crippen LogP contribution in [0, 0.1) is 0 Å². The van der Waals surface area contributed by atoms with Crippen LogP contribution in [0.5, 0.6) is 0 Å². The summed E-state index contributed by atoms with van der Waals surface area (Å²) >= 11 is 1.93. The summed E-state index contributed by atoms with van der Waals surface area (Å²) < 4.78 is 10.4. The van der Waals surface area contributed by atoms with Gasteiger partial charge >= 0.3 is 0 Å². The van der Waals surface area contributed by atoms with E-state index in [2.05, 4.69) is 191 Å². The lowest BCUT2D eigenvalue weighted by atomic mass is 9.55. The lowest BCUT2D eigenvalue weighted by Crippen LogP contribution is -2.70. The first-order valence-corrected chi connectivity index (χ1v) is 22.8. The minimum Gasteiger partial charge on any atom is -0.308 e. The lowest BCUT2D eigenvalue weighted by Gasteiger charge is -2.50. The number of aromatic nitrogens is 3. The molecule has 2 aliphatic rings. The average Bonchev–Trinajstić information content (AvgIpc) is 3.97. The molecule has 0 amide bonds. The normalized spacial score (nSPS) is 18.8. The molecular weight excluding hydrogens is 759 g/mol. The molecule has 2 unspecified atom stereocenters. The maximum absolute atomic E-state index is 4.94. The Labute approximate surface area is 359 Å². The number of rotatable bonds is 3. The number of hydrogen-bond donors (Lipinski definition) is 0. The van der Waals surface area contributed by atoms with E-state index < -0.39 is 0 Å². The van der Waals surface area contributed by atoms with Crippen LogP contribution in [-0.2, 0) is 17.4 Å². The van der Waals surface area contributed by atoms with Crippen molar-refractivity contribution < 1.29 is 9.13 Å². The third kappa shape index (κ3) is 4.53. The number of fused-ring (bicyclic) bond motifs is 19. The van der Waals surface area contributed by atoms with Gasteiger partial charge in [0.15, 0.2) is 23.6 Å². The second-order valence-electron chi connectivity index (χ2n) is 17.6. The van der Waals surface area contributed by atoms with Gasteiger partial charge in [-0.1, -0.05) is 86.6 Å². The minimum atomic E-state index is -0.271. The van der Waals surface area contributed by atoms with E-state index in [4.69, 9.17) is 6.58 Å².